The van der Waals surface area contributed by atoms with Crippen LogP contribution in [0.1, 0.15) is 83.3 Å². The van der Waals surface area contributed by atoms with Crippen LogP contribution in [0, 0.1) is 0 Å². The zero-order valence-corrected chi connectivity index (χ0v) is 22.4. The van der Waals surface area contributed by atoms with Gasteiger partial charge in [0.15, 0.2) is 5.82 Å². The van der Waals surface area contributed by atoms with Gasteiger partial charge in [0.05, 0.1) is 22.3 Å². The lowest BCUT2D eigenvalue weighted by atomic mass is 9.92. The standard InChI is InChI=1S/C26H30Cl2N6O2/c1-16-22(24-29-15-31-33(24)18-8-6-5-7-9-18)23(17-10-11-19(27)20(28)14-17)34-21(12-13-30-34)32(16)25(35)36-26(2,3)4/h10-15,18,23H,5-9H2,1-4H3/t23-/m1/s1. The molecule has 2 aromatic heterocycles. The van der Waals surface area contributed by atoms with Gasteiger partial charge >= 0.3 is 6.09 Å². The fourth-order valence-corrected chi connectivity index (χ4v) is 5.45. The highest BCUT2D eigenvalue weighted by molar-refractivity contribution is 6.42. The highest BCUT2D eigenvalue weighted by Crippen LogP contribution is 2.45. The van der Waals surface area contributed by atoms with Crippen molar-refractivity contribution in [2.24, 2.45) is 0 Å². The normalized spacial score (nSPS) is 18.9. The van der Waals surface area contributed by atoms with Crippen molar-refractivity contribution in [2.45, 2.75) is 77.5 Å². The van der Waals surface area contributed by atoms with Gasteiger partial charge in [-0.25, -0.2) is 24.0 Å². The van der Waals surface area contributed by atoms with E-state index in [0.29, 0.717) is 27.4 Å². The van der Waals surface area contributed by atoms with Crippen molar-refractivity contribution in [3.05, 3.63) is 63.9 Å². The number of amides is 1. The third-order valence-corrected chi connectivity index (χ3v) is 7.43. The predicted molar refractivity (Wildman–Crippen MR) is 140 cm³/mol. The number of allylic oxidation sites excluding steroid dienone is 2. The van der Waals surface area contributed by atoms with Crippen LogP contribution in [0.4, 0.5) is 10.6 Å². The molecule has 2 aliphatic rings. The molecule has 5 rings (SSSR count). The number of rotatable bonds is 3. The zero-order valence-electron chi connectivity index (χ0n) is 20.9. The molecule has 8 nitrogen and oxygen atoms in total. The van der Waals surface area contributed by atoms with Crippen LogP contribution in [0.2, 0.25) is 10.0 Å². The Morgan fingerprint density at radius 2 is 1.78 bits per heavy atom. The minimum Gasteiger partial charge on any atom is -0.443 e. The number of nitrogens with zero attached hydrogens (tertiary/aromatic N) is 6. The summed E-state index contributed by atoms with van der Waals surface area (Å²) in [6, 6.07) is 7.22. The van der Waals surface area contributed by atoms with Crippen molar-refractivity contribution >= 4 is 40.7 Å². The van der Waals surface area contributed by atoms with Gasteiger partial charge in [-0.15, -0.1) is 0 Å². The van der Waals surface area contributed by atoms with Crippen LogP contribution >= 0.6 is 23.2 Å². The number of hydrogen-bond donors (Lipinski definition) is 0. The molecule has 1 fully saturated rings. The summed E-state index contributed by atoms with van der Waals surface area (Å²) in [7, 11) is 0. The van der Waals surface area contributed by atoms with E-state index in [1.54, 1.807) is 29.6 Å². The number of carbonyl (C=O) groups is 1. The summed E-state index contributed by atoms with van der Waals surface area (Å²) in [4.78, 5) is 19.8. The maximum Gasteiger partial charge on any atom is 0.420 e. The maximum absolute atomic E-state index is 13.5. The number of halogens is 2. The highest BCUT2D eigenvalue weighted by Gasteiger charge is 2.40. The van der Waals surface area contributed by atoms with Crippen LogP contribution in [0.25, 0.3) is 5.57 Å². The van der Waals surface area contributed by atoms with Crippen LogP contribution in [-0.4, -0.2) is 36.2 Å². The third-order valence-electron chi connectivity index (χ3n) is 6.69. The highest BCUT2D eigenvalue weighted by atomic mass is 35.5. The van der Waals surface area contributed by atoms with Crippen molar-refractivity contribution in [1.29, 1.82) is 0 Å². The first-order chi connectivity index (χ1) is 17.2. The lowest BCUT2D eigenvalue weighted by Gasteiger charge is -2.37. The zero-order chi connectivity index (χ0) is 25.6. The number of hydrogen-bond acceptors (Lipinski definition) is 5. The summed E-state index contributed by atoms with van der Waals surface area (Å²) in [5.74, 6) is 1.32. The Balaban J connectivity index is 1.72. The van der Waals surface area contributed by atoms with Crippen LogP contribution in [0.3, 0.4) is 0 Å². The van der Waals surface area contributed by atoms with Gasteiger partial charge in [0.25, 0.3) is 0 Å². The van der Waals surface area contributed by atoms with Crippen LogP contribution in [0.15, 0.2) is 42.5 Å². The number of fused-ring (bicyclic) bond motifs is 1. The molecule has 190 valence electrons. The first-order valence-electron chi connectivity index (χ1n) is 12.3. The summed E-state index contributed by atoms with van der Waals surface area (Å²) in [5, 5.41) is 10.2. The van der Waals surface area contributed by atoms with E-state index in [1.165, 1.54) is 6.42 Å². The van der Waals surface area contributed by atoms with Gasteiger partial charge in [0.2, 0.25) is 0 Å². The minimum atomic E-state index is -0.662. The molecule has 3 heterocycles. The van der Waals surface area contributed by atoms with E-state index in [1.807, 2.05) is 49.2 Å². The molecule has 1 aliphatic heterocycles. The Morgan fingerprint density at radius 3 is 2.47 bits per heavy atom. The predicted octanol–water partition coefficient (Wildman–Crippen LogP) is 7.06. The molecule has 1 atom stereocenters. The maximum atomic E-state index is 13.5. The summed E-state index contributed by atoms with van der Waals surface area (Å²) >= 11 is 12.7. The molecule has 0 bridgehead atoms. The van der Waals surface area contributed by atoms with Crippen molar-refractivity contribution in [3.8, 4) is 0 Å². The molecule has 1 aliphatic carbocycles. The third kappa shape index (κ3) is 4.52. The average Bonchev–Trinajstić information content (AvgIpc) is 3.49. The Bertz CT molecular complexity index is 1320. The lowest BCUT2D eigenvalue weighted by Crippen LogP contribution is -2.41. The Morgan fingerprint density at radius 1 is 1.03 bits per heavy atom. The van der Waals surface area contributed by atoms with Crippen molar-refractivity contribution in [2.75, 3.05) is 4.90 Å². The first-order valence-corrected chi connectivity index (χ1v) is 13.0. The quantitative estimate of drug-likeness (QED) is 0.363. The van der Waals surface area contributed by atoms with Gasteiger partial charge in [0, 0.05) is 17.3 Å². The molecular weight excluding hydrogens is 499 g/mol. The molecule has 1 amide bonds. The Kier molecular flexibility index (Phi) is 6.59. The fraction of sp³-hybridized carbons (Fsp3) is 0.462. The minimum absolute atomic E-state index is 0.250. The number of aromatic nitrogens is 5. The van der Waals surface area contributed by atoms with Crippen LogP contribution in [0.5, 0.6) is 0 Å². The molecule has 0 radical (unpaired) electrons. The Labute approximate surface area is 220 Å². The number of anilines is 1. The summed E-state index contributed by atoms with van der Waals surface area (Å²) < 4.78 is 9.62. The molecule has 0 unspecified atom stereocenters. The van der Waals surface area contributed by atoms with Crippen LogP contribution < -0.4 is 4.90 Å². The van der Waals surface area contributed by atoms with Crippen molar-refractivity contribution < 1.29 is 9.53 Å². The van der Waals surface area contributed by atoms with Crippen molar-refractivity contribution in [1.82, 2.24) is 24.5 Å². The van der Waals surface area contributed by atoms with E-state index in [-0.39, 0.29) is 6.04 Å². The molecule has 0 saturated heterocycles. The molecular formula is C26H30Cl2N6O2. The summed E-state index contributed by atoms with van der Waals surface area (Å²) in [6.07, 6.45) is 8.43. The van der Waals surface area contributed by atoms with E-state index in [9.17, 15) is 4.79 Å². The number of carbonyl (C=O) groups excluding carboxylic acids is 1. The molecule has 1 saturated carbocycles. The van der Waals surface area contributed by atoms with Gasteiger partial charge in [-0.2, -0.15) is 10.2 Å². The monoisotopic (exact) mass is 528 g/mol. The molecule has 0 N–H and O–H groups in total. The first kappa shape index (κ1) is 24.8. The largest absolute Gasteiger partial charge is 0.443 e. The lowest BCUT2D eigenvalue weighted by molar-refractivity contribution is 0.0588. The smallest absolute Gasteiger partial charge is 0.420 e. The van der Waals surface area contributed by atoms with Crippen molar-refractivity contribution in [3.63, 3.8) is 0 Å². The average molecular weight is 529 g/mol. The van der Waals surface area contributed by atoms with E-state index in [0.717, 1.165) is 36.8 Å². The molecule has 1 aromatic carbocycles. The topological polar surface area (TPSA) is 78.1 Å². The summed E-state index contributed by atoms with van der Waals surface area (Å²) in [5.41, 5.74) is 1.74. The molecule has 36 heavy (non-hydrogen) atoms. The second-order valence-corrected chi connectivity index (χ2v) is 11.2. The van der Waals surface area contributed by atoms with E-state index < -0.39 is 17.7 Å². The Hall–Kier alpha value is -2.84. The second-order valence-electron chi connectivity index (χ2n) is 10.3. The summed E-state index contributed by atoms with van der Waals surface area (Å²) in [6.45, 7) is 7.47. The fourth-order valence-electron chi connectivity index (χ4n) is 5.14. The SMILES string of the molecule is CC1=C(c2ncnn2C2CCCCC2)[C@@H](c2ccc(Cl)c(Cl)c2)n2nccc2N1C(=O)OC(C)(C)C. The van der Waals surface area contributed by atoms with E-state index in [4.69, 9.17) is 32.9 Å². The van der Waals surface area contributed by atoms with Gasteiger partial charge in [-0.05, 0) is 58.2 Å². The van der Waals surface area contributed by atoms with Gasteiger partial charge in [-0.3, -0.25) is 0 Å². The van der Waals surface area contributed by atoms with Gasteiger partial charge in [0.1, 0.15) is 23.8 Å². The van der Waals surface area contributed by atoms with Gasteiger partial charge < -0.3 is 4.74 Å². The number of ether oxygens (including phenoxy) is 1. The number of benzene rings is 1. The van der Waals surface area contributed by atoms with Crippen LogP contribution in [-0.2, 0) is 4.74 Å². The molecule has 0 spiro atoms. The van der Waals surface area contributed by atoms with E-state index in [2.05, 4.69) is 10.2 Å². The van der Waals surface area contributed by atoms with Gasteiger partial charge in [-0.1, -0.05) is 48.5 Å². The molecule has 10 heteroatoms. The van der Waals surface area contributed by atoms with E-state index >= 15 is 0 Å². The second kappa shape index (κ2) is 9.56. The molecule has 3 aromatic rings.